The van der Waals surface area contributed by atoms with E-state index in [4.69, 9.17) is 4.42 Å². The molecular weight excluding hydrogens is 238 g/mol. The Bertz CT molecular complexity index is 554. The summed E-state index contributed by atoms with van der Waals surface area (Å²) in [5, 5.41) is 2.98. The fourth-order valence-corrected chi connectivity index (χ4v) is 2.02. The van der Waals surface area contributed by atoms with Crippen LogP contribution in [-0.2, 0) is 6.42 Å². The van der Waals surface area contributed by atoms with Crippen LogP contribution in [0.25, 0.3) is 0 Å². The minimum Gasteiger partial charge on any atom is -0.469 e. The molecule has 0 aliphatic heterocycles. The SMILES string of the molecule is CCc1ccc(C(C)NC(=O)c2ccoc2C)cc1. The summed E-state index contributed by atoms with van der Waals surface area (Å²) in [4.78, 5) is 12.1. The van der Waals surface area contributed by atoms with Crippen LogP contribution >= 0.6 is 0 Å². The number of carbonyl (C=O) groups excluding carboxylic acids is 1. The summed E-state index contributed by atoms with van der Waals surface area (Å²) in [7, 11) is 0. The number of hydrogen-bond donors (Lipinski definition) is 1. The van der Waals surface area contributed by atoms with Gasteiger partial charge in [-0.3, -0.25) is 4.79 Å². The van der Waals surface area contributed by atoms with E-state index in [1.165, 1.54) is 11.8 Å². The van der Waals surface area contributed by atoms with Crippen LogP contribution in [0.15, 0.2) is 41.0 Å². The molecule has 2 aromatic rings. The lowest BCUT2D eigenvalue weighted by atomic mass is 10.0. The van der Waals surface area contributed by atoms with Gasteiger partial charge in [-0.25, -0.2) is 0 Å². The number of hydrogen-bond acceptors (Lipinski definition) is 2. The molecule has 0 aliphatic rings. The van der Waals surface area contributed by atoms with Gasteiger partial charge in [0.1, 0.15) is 5.76 Å². The molecule has 2 rings (SSSR count). The highest BCUT2D eigenvalue weighted by molar-refractivity contribution is 5.95. The Labute approximate surface area is 113 Å². The van der Waals surface area contributed by atoms with E-state index in [1.54, 1.807) is 13.0 Å². The van der Waals surface area contributed by atoms with E-state index in [-0.39, 0.29) is 11.9 Å². The molecule has 0 spiro atoms. The average Bonchev–Trinajstić information content (AvgIpc) is 2.85. The van der Waals surface area contributed by atoms with Crippen LogP contribution in [-0.4, -0.2) is 5.91 Å². The molecule has 3 heteroatoms. The van der Waals surface area contributed by atoms with Crippen molar-refractivity contribution < 1.29 is 9.21 Å². The quantitative estimate of drug-likeness (QED) is 0.908. The summed E-state index contributed by atoms with van der Waals surface area (Å²) in [5.41, 5.74) is 3.00. The summed E-state index contributed by atoms with van der Waals surface area (Å²) in [6.45, 7) is 5.89. The first-order valence-electron chi connectivity index (χ1n) is 6.55. The second-order valence-corrected chi connectivity index (χ2v) is 4.68. The van der Waals surface area contributed by atoms with E-state index < -0.39 is 0 Å². The Kier molecular flexibility index (Phi) is 4.05. The van der Waals surface area contributed by atoms with Gasteiger partial charge < -0.3 is 9.73 Å². The number of aryl methyl sites for hydroxylation is 2. The molecule has 3 nitrogen and oxygen atoms in total. The van der Waals surface area contributed by atoms with Gasteiger partial charge in [0.25, 0.3) is 5.91 Å². The molecule has 1 heterocycles. The maximum atomic E-state index is 12.1. The van der Waals surface area contributed by atoms with Crippen molar-refractivity contribution in [3.63, 3.8) is 0 Å². The zero-order chi connectivity index (χ0) is 13.8. The molecule has 1 unspecified atom stereocenters. The Morgan fingerprint density at radius 2 is 1.95 bits per heavy atom. The summed E-state index contributed by atoms with van der Waals surface area (Å²) < 4.78 is 5.14. The van der Waals surface area contributed by atoms with Gasteiger partial charge in [0, 0.05) is 0 Å². The van der Waals surface area contributed by atoms with Gasteiger partial charge in [-0.05, 0) is 37.5 Å². The molecule has 0 bridgehead atoms. The van der Waals surface area contributed by atoms with Crippen LogP contribution in [0.2, 0.25) is 0 Å². The number of nitrogens with one attached hydrogen (secondary N) is 1. The van der Waals surface area contributed by atoms with Gasteiger partial charge >= 0.3 is 0 Å². The molecule has 1 aromatic heterocycles. The van der Waals surface area contributed by atoms with E-state index in [9.17, 15) is 4.79 Å². The van der Waals surface area contributed by atoms with Gasteiger partial charge in [-0.1, -0.05) is 31.2 Å². The van der Waals surface area contributed by atoms with Crippen LogP contribution in [0.3, 0.4) is 0 Å². The Morgan fingerprint density at radius 3 is 2.47 bits per heavy atom. The molecule has 0 radical (unpaired) electrons. The first kappa shape index (κ1) is 13.4. The fourth-order valence-electron chi connectivity index (χ4n) is 2.02. The highest BCUT2D eigenvalue weighted by atomic mass is 16.3. The Hall–Kier alpha value is -2.03. The van der Waals surface area contributed by atoms with Gasteiger partial charge in [0.05, 0.1) is 17.9 Å². The smallest absolute Gasteiger partial charge is 0.255 e. The monoisotopic (exact) mass is 257 g/mol. The largest absolute Gasteiger partial charge is 0.469 e. The minimum atomic E-state index is -0.0988. The molecule has 0 aliphatic carbocycles. The number of carbonyl (C=O) groups is 1. The molecule has 0 saturated heterocycles. The van der Waals surface area contributed by atoms with E-state index in [0.29, 0.717) is 11.3 Å². The maximum absolute atomic E-state index is 12.1. The zero-order valence-corrected chi connectivity index (χ0v) is 11.6. The summed E-state index contributed by atoms with van der Waals surface area (Å²) in [6.07, 6.45) is 2.56. The third-order valence-corrected chi connectivity index (χ3v) is 3.34. The minimum absolute atomic E-state index is 0.0206. The van der Waals surface area contributed by atoms with E-state index >= 15 is 0 Å². The Morgan fingerprint density at radius 1 is 1.26 bits per heavy atom. The Balaban J connectivity index is 2.06. The number of furan rings is 1. The molecule has 19 heavy (non-hydrogen) atoms. The number of rotatable bonds is 4. The molecule has 1 aromatic carbocycles. The predicted octanol–water partition coefficient (Wildman–Crippen LogP) is 3.64. The summed E-state index contributed by atoms with van der Waals surface area (Å²) in [6, 6.07) is 9.99. The second kappa shape index (κ2) is 5.74. The van der Waals surface area contributed by atoms with Crippen LogP contribution in [0, 0.1) is 6.92 Å². The number of benzene rings is 1. The molecule has 100 valence electrons. The highest BCUT2D eigenvalue weighted by Crippen LogP contribution is 2.16. The fraction of sp³-hybridized carbons (Fsp3) is 0.312. The highest BCUT2D eigenvalue weighted by Gasteiger charge is 2.14. The molecule has 0 saturated carbocycles. The van der Waals surface area contributed by atoms with Gasteiger partial charge in [0.15, 0.2) is 0 Å². The van der Waals surface area contributed by atoms with Crippen molar-refractivity contribution in [2.75, 3.05) is 0 Å². The number of amides is 1. The topological polar surface area (TPSA) is 42.2 Å². The van der Waals surface area contributed by atoms with Crippen LogP contribution in [0.4, 0.5) is 0 Å². The molecule has 1 atom stereocenters. The standard InChI is InChI=1S/C16H19NO2/c1-4-13-5-7-14(8-6-13)11(2)17-16(18)15-9-10-19-12(15)3/h5-11H,4H2,1-3H3,(H,17,18). The molecule has 0 fully saturated rings. The third kappa shape index (κ3) is 3.05. The van der Waals surface area contributed by atoms with Crippen LogP contribution in [0.1, 0.15) is 47.1 Å². The van der Waals surface area contributed by atoms with E-state index in [1.807, 2.05) is 6.92 Å². The van der Waals surface area contributed by atoms with Crippen LogP contribution in [0.5, 0.6) is 0 Å². The van der Waals surface area contributed by atoms with Crippen molar-refractivity contribution in [2.45, 2.75) is 33.2 Å². The van der Waals surface area contributed by atoms with Crippen molar-refractivity contribution in [3.8, 4) is 0 Å². The first-order valence-corrected chi connectivity index (χ1v) is 6.55. The third-order valence-electron chi connectivity index (χ3n) is 3.34. The summed E-state index contributed by atoms with van der Waals surface area (Å²) >= 11 is 0. The van der Waals surface area contributed by atoms with E-state index in [0.717, 1.165) is 12.0 Å². The normalized spacial score (nSPS) is 12.2. The van der Waals surface area contributed by atoms with Crippen molar-refractivity contribution in [2.24, 2.45) is 0 Å². The van der Waals surface area contributed by atoms with Crippen molar-refractivity contribution in [1.82, 2.24) is 5.32 Å². The first-order chi connectivity index (χ1) is 9.11. The average molecular weight is 257 g/mol. The zero-order valence-electron chi connectivity index (χ0n) is 11.6. The molecular formula is C16H19NO2. The van der Waals surface area contributed by atoms with Gasteiger partial charge in [0.2, 0.25) is 0 Å². The maximum Gasteiger partial charge on any atom is 0.255 e. The molecule has 1 N–H and O–H groups in total. The summed E-state index contributed by atoms with van der Waals surface area (Å²) in [5.74, 6) is 0.546. The second-order valence-electron chi connectivity index (χ2n) is 4.68. The van der Waals surface area contributed by atoms with Crippen molar-refractivity contribution in [3.05, 3.63) is 59.0 Å². The van der Waals surface area contributed by atoms with E-state index in [2.05, 4.69) is 36.5 Å². The van der Waals surface area contributed by atoms with Crippen LogP contribution < -0.4 is 5.32 Å². The van der Waals surface area contributed by atoms with Gasteiger partial charge in [-0.15, -0.1) is 0 Å². The lowest BCUT2D eigenvalue weighted by Gasteiger charge is -2.14. The van der Waals surface area contributed by atoms with Crippen molar-refractivity contribution >= 4 is 5.91 Å². The predicted molar refractivity (Wildman–Crippen MR) is 75.1 cm³/mol. The lowest BCUT2D eigenvalue weighted by molar-refractivity contribution is 0.0938. The van der Waals surface area contributed by atoms with Gasteiger partial charge in [-0.2, -0.15) is 0 Å². The van der Waals surface area contributed by atoms with Crippen molar-refractivity contribution in [1.29, 1.82) is 0 Å². The molecule has 1 amide bonds. The lowest BCUT2D eigenvalue weighted by Crippen LogP contribution is -2.26.